The van der Waals surface area contributed by atoms with Gasteiger partial charge in [-0.3, -0.25) is 4.99 Å². The molecule has 2 aromatic rings. The number of hydrogen-bond acceptors (Lipinski definition) is 2. The molecule has 130 valence electrons. The lowest BCUT2D eigenvalue weighted by molar-refractivity contribution is 0.105. The Balaban J connectivity index is 1.43. The lowest BCUT2D eigenvalue weighted by Gasteiger charge is -2.14. The molecule has 1 aliphatic heterocycles. The standard InChI is InChI=1S/C18H25FN4O/c1-20-18(22-9-7-15-3-2-10-24-15)21-8-6-13-12-23-17-11-14(19)4-5-16(13)17/h4-5,11-12,15,23H,2-3,6-10H2,1H3,(H2,20,21,22). The van der Waals surface area contributed by atoms with Gasteiger partial charge in [-0.05, 0) is 49.4 Å². The Bertz CT molecular complexity index is 691. The summed E-state index contributed by atoms with van der Waals surface area (Å²) in [4.78, 5) is 7.36. The number of aromatic amines is 1. The molecule has 1 aromatic carbocycles. The van der Waals surface area contributed by atoms with Gasteiger partial charge in [-0.25, -0.2) is 4.39 Å². The molecular formula is C18H25FN4O. The highest BCUT2D eigenvalue weighted by Crippen LogP contribution is 2.19. The summed E-state index contributed by atoms with van der Waals surface area (Å²) in [7, 11) is 1.77. The Hall–Kier alpha value is -2.08. The van der Waals surface area contributed by atoms with E-state index in [1.54, 1.807) is 7.05 Å². The molecule has 24 heavy (non-hydrogen) atoms. The van der Waals surface area contributed by atoms with Gasteiger partial charge in [-0.1, -0.05) is 0 Å². The van der Waals surface area contributed by atoms with Crippen LogP contribution >= 0.6 is 0 Å². The summed E-state index contributed by atoms with van der Waals surface area (Å²) in [5.41, 5.74) is 2.01. The van der Waals surface area contributed by atoms with Gasteiger partial charge in [-0.2, -0.15) is 0 Å². The number of benzene rings is 1. The molecule has 0 radical (unpaired) electrons. The third-order valence-electron chi connectivity index (χ3n) is 4.42. The number of ether oxygens (including phenoxy) is 1. The summed E-state index contributed by atoms with van der Waals surface area (Å²) in [6.07, 6.45) is 6.52. The predicted octanol–water partition coefficient (Wildman–Crippen LogP) is 2.58. The van der Waals surface area contributed by atoms with Crippen LogP contribution in [0.1, 0.15) is 24.8 Å². The summed E-state index contributed by atoms with van der Waals surface area (Å²) >= 11 is 0. The van der Waals surface area contributed by atoms with Crippen LogP contribution in [-0.2, 0) is 11.2 Å². The van der Waals surface area contributed by atoms with Gasteiger partial charge in [0.15, 0.2) is 5.96 Å². The molecule has 3 rings (SSSR count). The highest BCUT2D eigenvalue weighted by atomic mass is 19.1. The molecular weight excluding hydrogens is 307 g/mol. The fourth-order valence-corrected chi connectivity index (χ4v) is 3.13. The Morgan fingerprint density at radius 2 is 2.25 bits per heavy atom. The first-order valence-electron chi connectivity index (χ1n) is 8.58. The largest absolute Gasteiger partial charge is 0.378 e. The Morgan fingerprint density at radius 3 is 3.04 bits per heavy atom. The van der Waals surface area contributed by atoms with Gasteiger partial charge < -0.3 is 20.4 Å². The van der Waals surface area contributed by atoms with E-state index in [9.17, 15) is 4.39 Å². The van der Waals surface area contributed by atoms with E-state index in [4.69, 9.17) is 4.74 Å². The number of aliphatic imine (C=N–C) groups is 1. The van der Waals surface area contributed by atoms with Crippen LogP contribution in [0.25, 0.3) is 10.9 Å². The van der Waals surface area contributed by atoms with Gasteiger partial charge in [-0.15, -0.1) is 0 Å². The second kappa shape index (κ2) is 8.15. The lowest BCUT2D eigenvalue weighted by atomic mass is 10.1. The number of guanidine groups is 1. The van der Waals surface area contributed by atoms with Crippen LogP contribution in [0.4, 0.5) is 4.39 Å². The minimum Gasteiger partial charge on any atom is -0.378 e. The fraction of sp³-hybridized carbons (Fsp3) is 0.500. The van der Waals surface area contributed by atoms with Gasteiger partial charge in [0.2, 0.25) is 0 Å². The van der Waals surface area contributed by atoms with E-state index in [0.29, 0.717) is 6.10 Å². The summed E-state index contributed by atoms with van der Waals surface area (Å²) < 4.78 is 18.8. The van der Waals surface area contributed by atoms with Crippen molar-refractivity contribution in [2.45, 2.75) is 31.8 Å². The highest BCUT2D eigenvalue weighted by molar-refractivity contribution is 5.83. The van der Waals surface area contributed by atoms with Crippen LogP contribution in [-0.4, -0.2) is 43.8 Å². The lowest BCUT2D eigenvalue weighted by Crippen LogP contribution is -2.39. The Morgan fingerprint density at radius 1 is 1.38 bits per heavy atom. The van der Waals surface area contributed by atoms with E-state index in [-0.39, 0.29) is 5.82 Å². The van der Waals surface area contributed by atoms with E-state index in [0.717, 1.165) is 55.8 Å². The first-order valence-corrected chi connectivity index (χ1v) is 8.58. The van der Waals surface area contributed by atoms with E-state index in [1.165, 1.54) is 24.1 Å². The fourth-order valence-electron chi connectivity index (χ4n) is 3.13. The van der Waals surface area contributed by atoms with Crippen molar-refractivity contribution in [1.29, 1.82) is 0 Å². The molecule has 3 N–H and O–H groups in total. The van der Waals surface area contributed by atoms with Gasteiger partial charge >= 0.3 is 0 Å². The summed E-state index contributed by atoms with van der Waals surface area (Å²) in [5, 5.41) is 7.71. The van der Waals surface area contributed by atoms with Crippen molar-refractivity contribution in [3.8, 4) is 0 Å². The number of halogens is 1. The van der Waals surface area contributed by atoms with Crippen molar-refractivity contribution in [1.82, 2.24) is 15.6 Å². The molecule has 0 amide bonds. The summed E-state index contributed by atoms with van der Waals surface area (Å²) in [6, 6.07) is 4.85. The number of H-pyrrole nitrogens is 1. The predicted molar refractivity (Wildman–Crippen MR) is 94.9 cm³/mol. The van der Waals surface area contributed by atoms with Gasteiger partial charge in [0.25, 0.3) is 0 Å². The third-order valence-corrected chi connectivity index (χ3v) is 4.42. The van der Waals surface area contributed by atoms with Crippen molar-refractivity contribution in [2.75, 3.05) is 26.7 Å². The van der Waals surface area contributed by atoms with Crippen LogP contribution in [0.3, 0.4) is 0 Å². The number of nitrogens with one attached hydrogen (secondary N) is 3. The van der Waals surface area contributed by atoms with Crippen molar-refractivity contribution >= 4 is 16.9 Å². The maximum Gasteiger partial charge on any atom is 0.190 e. The first-order chi connectivity index (χ1) is 11.8. The average Bonchev–Trinajstić information content (AvgIpc) is 3.23. The van der Waals surface area contributed by atoms with Crippen LogP contribution in [0, 0.1) is 5.82 Å². The number of fused-ring (bicyclic) bond motifs is 1. The maximum atomic E-state index is 13.2. The van der Waals surface area contributed by atoms with E-state index in [1.807, 2.05) is 12.3 Å². The molecule has 0 bridgehead atoms. The van der Waals surface area contributed by atoms with Crippen LogP contribution < -0.4 is 10.6 Å². The van der Waals surface area contributed by atoms with Crippen molar-refractivity contribution in [3.63, 3.8) is 0 Å². The van der Waals surface area contributed by atoms with Gasteiger partial charge in [0, 0.05) is 43.8 Å². The topological polar surface area (TPSA) is 61.4 Å². The number of nitrogens with zero attached hydrogens (tertiary/aromatic N) is 1. The van der Waals surface area contributed by atoms with E-state index < -0.39 is 0 Å². The molecule has 1 atom stereocenters. The second-order valence-corrected chi connectivity index (χ2v) is 6.10. The zero-order chi connectivity index (χ0) is 16.8. The van der Waals surface area contributed by atoms with Crippen molar-refractivity contribution in [3.05, 3.63) is 35.8 Å². The minimum atomic E-state index is -0.218. The molecule has 2 heterocycles. The average molecular weight is 332 g/mol. The first kappa shape index (κ1) is 16.8. The quantitative estimate of drug-likeness (QED) is 0.563. The maximum absolute atomic E-state index is 13.2. The second-order valence-electron chi connectivity index (χ2n) is 6.10. The monoisotopic (exact) mass is 332 g/mol. The molecule has 1 unspecified atom stereocenters. The molecule has 1 aliphatic rings. The molecule has 0 aliphatic carbocycles. The Kier molecular flexibility index (Phi) is 5.69. The number of hydrogen-bond donors (Lipinski definition) is 3. The molecule has 1 aromatic heterocycles. The SMILES string of the molecule is CN=C(NCCc1c[nH]c2cc(F)ccc12)NCCC1CCCO1. The zero-order valence-corrected chi connectivity index (χ0v) is 14.1. The van der Waals surface area contributed by atoms with E-state index >= 15 is 0 Å². The summed E-state index contributed by atoms with van der Waals surface area (Å²) in [6.45, 7) is 2.52. The van der Waals surface area contributed by atoms with Crippen molar-refractivity contribution < 1.29 is 9.13 Å². The van der Waals surface area contributed by atoms with Gasteiger partial charge in [0.1, 0.15) is 5.82 Å². The molecule has 0 spiro atoms. The van der Waals surface area contributed by atoms with Crippen molar-refractivity contribution in [2.24, 2.45) is 4.99 Å². The zero-order valence-electron chi connectivity index (χ0n) is 14.1. The smallest absolute Gasteiger partial charge is 0.190 e. The molecule has 6 heteroatoms. The highest BCUT2D eigenvalue weighted by Gasteiger charge is 2.14. The normalized spacial score (nSPS) is 18.2. The number of aromatic nitrogens is 1. The Labute approximate surface area is 141 Å². The van der Waals surface area contributed by atoms with Crippen LogP contribution in [0.2, 0.25) is 0 Å². The molecule has 1 fully saturated rings. The van der Waals surface area contributed by atoms with E-state index in [2.05, 4.69) is 20.6 Å². The van der Waals surface area contributed by atoms with Crippen LogP contribution in [0.5, 0.6) is 0 Å². The van der Waals surface area contributed by atoms with Gasteiger partial charge in [0.05, 0.1) is 6.10 Å². The van der Waals surface area contributed by atoms with Crippen LogP contribution in [0.15, 0.2) is 29.4 Å². The molecule has 5 nitrogen and oxygen atoms in total. The number of rotatable bonds is 6. The third kappa shape index (κ3) is 4.26. The molecule has 0 saturated carbocycles. The summed E-state index contributed by atoms with van der Waals surface area (Å²) in [5.74, 6) is 0.587. The molecule has 1 saturated heterocycles. The minimum absolute atomic E-state index is 0.218.